The van der Waals surface area contributed by atoms with Gasteiger partial charge in [0, 0.05) is 43.6 Å². The summed E-state index contributed by atoms with van der Waals surface area (Å²) in [5.41, 5.74) is 1.00. The Labute approximate surface area is 148 Å². The van der Waals surface area contributed by atoms with Gasteiger partial charge in [-0.25, -0.2) is 0 Å². The van der Waals surface area contributed by atoms with Crippen LogP contribution in [0.5, 0.6) is 0 Å². The molecule has 2 fully saturated rings. The summed E-state index contributed by atoms with van der Waals surface area (Å²) in [6.07, 6.45) is 5.82. The van der Waals surface area contributed by atoms with Crippen LogP contribution in [0.2, 0.25) is 10.0 Å². The van der Waals surface area contributed by atoms with Crippen molar-refractivity contribution in [3.8, 4) is 0 Å². The summed E-state index contributed by atoms with van der Waals surface area (Å²) < 4.78 is 5.46. The molecule has 3 rings (SSSR count). The number of aromatic nitrogens is 1. The third-order valence-electron chi connectivity index (χ3n) is 5.27. The molecule has 0 N–H and O–H groups in total. The molecular weight excluding hydrogens is 333 g/mol. The van der Waals surface area contributed by atoms with Crippen molar-refractivity contribution in [1.29, 1.82) is 0 Å². The van der Waals surface area contributed by atoms with Gasteiger partial charge in [0.05, 0.1) is 23.3 Å². The van der Waals surface area contributed by atoms with Crippen LogP contribution in [-0.2, 0) is 11.3 Å². The maximum Gasteiger partial charge on any atom is 0.0649 e. The summed E-state index contributed by atoms with van der Waals surface area (Å²) in [5.74, 6) is 0.771. The molecule has 128 valence electrons. The lowest BCUT2D eigenvalue weighted by atomic mass is 9.89. The minimum absolute atomic E-state index is 0.647. The van der Waals surface area contributed by atoms with Gasteiger partial charge >= 0.3 is 0 Å². The Morgan fingerprint density at radius 3 is 2.35 bits per heavy atom. The van der Waals surface area contributed by atoms with E-state index in [0.29, 0.717) is 16.1 Å². The number of piperidine rings is 1. The lowest BCUT2D eigenvalue weighted by Gasteiger charge is -2.41. The van der Waals surface area contributed by atoms with Crippen molar-refractivity contribution in [3.05, 3.63) is 28.0 Å². The molecule has 2 saturated heterocycles. The van der Waals surface area contributed by atoms with Gasteiger partial charge in [0.1, 0.15) is 0 Å². The summed E-state index contributed by atoms with van der Waals surface area (Å²) in [6, 6.07) is 0.647. The number of ether oxygens (including phenoxy) is 1. The maximum absolute atomic E-state index is 6.24. The van der Waals surface area contributed by atoms with E-state index in [9.17, 15) is 0 Å². The van der Waals surface area contributed by atoms with Crippen LogP contribution in [0.3, 0.4) is 0 Å². The van der Waals surface area contributed by atoms with Gasteiger partial charge in [-0.1, -0.05) is 23.2 Å². The van der Waals surface area contributed by atoms with E-state index < -0.39 is 0 Å². The third kappa shape index (κ3) is 4.37. The molecule has 1 atom stereocenters. The molecule has 6 heteroatoms. The van der Waals surface area contributed by atoms with Crippen molar-refractivity contribution in [2.45, 2.75) is 32.4 Å². The van der Waals surface area contributed by atoms with Crippen LogP contribution in [0.15, 0.2) is 12.4 Å². The molecule has 2 aliphatic rings. The average Bonchev–Trinajstić information content (AvgIpc) is 2.59. The largest absolute Gasteiger partial charge is 0.379 e. The molecule has 1 aromatic heterocycles. The molecule has 23 heavy (non-hydrogen) atoms. The van der Waals surface area contributed by atoms with E-state index in [0.717, 1.165) is 57.4 Å². The number of morpholine rings is 1. The van der Waals surface area contributed by atoms with Gasteiger partial charge in [-0.15, -0.1) is 0 Å². The van der Waals surface area contributed by atoms with Crippen LogP contribution in [0, 0.1) is 5.92 Å². The van der Waals surface area contributed by atoms with E-state index >= 15 is 0 Å². The summed E-state index contributed by atoms with van der Waals surface area (Å²) in [6.45, 7) is 9.31. The molecule has 0 aromatic carbocycles. The van der Waals surface area contributed by atoms with Crippen LogP contribution >= 0.6 is 23.2 Å². The van der Waals surface area contributed by atoms with Crippen molar-refractivity contribution in [3.63, 3.8) is 0 Å². The zero-order valence-electron chi connectivity index (χ0n) is 13.7. The molecule has 4 nitrogen and oxygen atoms in total. The number of likely N-dealkylation sites (tertiary alicyclic amines) is 1. The minimum atomic E-state index is 0.647. The Morgan fingerprint density at radius 1 is 1.13 bits per heavy atom. The monoisotopic (exact) mass is 357 g/mol. The molecule has 2 aliphatic heterocycles. The predicted octanol–water partition coefficient (Wildman–Crippen LogP) is 3.32. The van der Waals surface area contributed by atoms with Crippen LogP contribution in [0.4, 0.5) is 0 Å². The molecule has 0 amide bonds. The van der Waals surface area contributed by atoms with Crippen LogP contribution in [0.25, 0.3) is 0 Å². The second-order valence-corrected chi connectivity index (χ2v) is 7.40. The summed E-state index contributed by atoms with van der Waals surface area (Å²) in [5, 5.41) is 1.34. The number of hydrogen-bond donors (Lipinski definition) is 0. The number of halogens is 2. The summed E-state index contributed by atoms with van der Waals surface area (Å²) >= 11 is 12.5. The van der Waals surface area contributed by atoms with E-state index in [-0.39, 0.29) is 0 Å². The van der Waals surface area contributed by atoms with Crippen molar-refractivity contribution < 1.29 is 4.74 Å². The van der Waals surface area contributed by atoms with E-state index in [1.165, 1.54) is 12.8 Å². The second-order valence-electron chi connectivity index (χ2n) is 6.58. The van der Waals surface area contributed by atoms with Crippen molar-refractivity contribution in [2.24, 2.45) is 5.92 Å². The molecule has 0 radical (unpaired) electrons. The normalized spacial score (nSPS) is 23.1. The number of pyridine rings is 1. The van der Waals surface area contributed by atoms with E-state index in [1.54, 1.807) is 12.4 Å². The molecule has 0 bridgehead atoms. The Bertz CT molecular complexity index is 494. The van der Waals surface area contributed by atoms with Gasteiger partial charge in [0.25, 0.3) is 0 Å². The second kappa shape index (κ2) is 8.13. The highest BCUT2D eigenvalue weighted by Crippen LogP contribution is 2.29. The maximum atomic E-state index is 6.24. The highest BCUT2D eigenvalue weighted by atomic mass is 35.5. The van der Waals surface area contributed by atoms with Gasteiger partial charge in [-0.05, 0) is 38.8 Å². The SMILES string of the molecule is C[C@@H](C1CCN(Cc2c(Cl)cncc2Cl)CC1)N1CCOCC1. The molecule has 0 aliphatic carbocycles. The van der Waals surface area contributed by atoms with Gasteiger partial charge in [-0.3, -0.25) is 14.8 Å². The summed E-state index contributed by atoms with van der Waals surface area (Å²) in [7, 11) is 0. The lowest BCUT2D eigenvalue weighted by molar-refractivity contribution is -0.00192. The smallest absolute Gasteiger partial charge is 0.0649 e. The predicted molar refractivity (Wildman–Crippen MR) is 94.1 cm³/mol. The first kappa shape index (κ1) is 17.4. The molecular formula is C17H25Cl2N3O. The topological polar surface area (TPSA) is 28.6 Å². The van der Waals surface area contributed by atoms with Gasteiger partial charge in [0.2, 0.25) is 0 Å². The van der Waals surface area contributed by atoms with Crippen molar-refractivity contribution in [1.82, 2.24) is 14.8 Å². The number of nitrogens with zero attached hydrogens (tertiary/aromatic N) is 3. The highest BCUT2D eigenvalue weighted by molar-refractivity contribution is 6.35. The Morgan fingerprint density at radius 2 is 1.74 bits per heavy atom. The van der Waals surface area contributed by atoms with Gasteiger partial charge < -0.3 is 4.74 Å². The number of rotatable bonds is 4. The molecule has 0 saturated carbocycles. The fourth-order valence-electron chi connectivity index (χ4n) is 3.69. The Kier molecular flexibility index (Phi) is 6.16. The molecule has 1 aromatic rings. The van der Waals surface area contributed by atoms with Crippen LogP contribution < -0.4 is 0 Å². The van der Waals surface area contributed by atoms with E-state index in [2.05, 4.69) is 21.7 Å². The first-order valence-electron chi connectivity index (χ1n) is 8.47. The molecule has 3 heterocycles. The standard InChI is InChI=1S/C17H25Cl2N3O/c1-13(22-6-8-23-9-7-22)14-2-4-21(5-3-14)12-15-16(18)10-20-11-17(15)19/h10-11,13-14H,2-9,12H2,1H3/t13-/m0/s1. The quantitative estimate of drug-likeness (QED) is 0.826. The molecule has 0 unspecified atom stereocenters. The zero-order valence-corrected chi connectivity index (χ0v) is 15.2. The van der Waals surface area contributed by atoms with Crippen molar-refractivity contribution in [2.75, 3.05) is 39.4 Å². The van der Waals surface area contributed by atoms with Crippen LogP contribution in [0.1, 0.15) is 25.3 Å². The van der Waals surface area contributed by atoms with Crippen molar-refractivity contribution >= 4 is 23.2 Å². The first-order chi connectivity index (χ1) is 11.1. The lowest BCUT2D eigenvalue weighted by Crippen LogP contribution is -2.48. The Balaban J connectivity index is 1.52. The molecule has 0 spiro atoms. The minimum Gasteiger partial charge on any atom is -0.379 e. The van der Waals surface area contributed by atoms with Gasteiger partial charge in [0.15, 0.2) is 0 Å². The highest BCUT2D eigenvalue weighted by Gasteiger charge is 2.28. The fraction of sp³-hybridized carbons (Fsp3) is 0.706. The zero-order chi connectivity index (χ0) is 16.2. The fourth-order valence-corrected chi connectivity index (χ4v) is 4.17. The third-order valence-corrected chi connectivity index (χ3v) is 5.92. The van der Waals surface area contributed by atoms with E-state index in [4.69, 9.17) is 27.9 Å². The van der Waals surface area contributed by atoms with E-state index in [1.807, 2.05) is 0 Å². The Hall–Kier alpha value is -0.390. The van der Waals surface area contributed by atoms with Crippen LogP contribution in [-0.4, -0.2) is 60.2 Å². The average molecular weight is 358 g/mol. The summed E-state index contributed by atoms with van der Waals surface area (Å²) in [4.78, 5) is 9.06. The number of hydrogen-bond acceptors (Lipinski definition) is 4. The first-order valence-corrected chi connectivity index (χ1v) is 9.23. The van der Waals surface area contributed by atoms with Gasteiger partial charge in [-0.2, -0.15) is 0 Å².